The third kappa shape index (κ3) is 2.85. The summed E-state index contributed by atoms with van der Waals surface area (Å²) in [6.45, 7) is 0.642. The van der Waals surface area contributed by atoms with Gasteiger partial charge in [-0.05, 0) is 5.56 Å². The van der Waals surface area contributed by atoms with Crippen molar-refractivity contribution in [2.45, 2.75) is 18.9 Å². The van der Waals surface area contributed by atoms with Crippen LogP contribution in [0.2, 0.25) is 0 Å². The third-order valence-corrected chi connectivity index (χ3v) is 3.26. The fourth-order valence-electron chi connectivity index (χ4n) is 2.21. The zero-order valence-corrected chi connectivity index (χ0v) is 9.85. The van der Waals surface area contributed by atoms with Crippen molar-refractivity contribution in [1.82, 2.24) is 4.90 Å². The van der Waals surface area contributed by atoms with E-state index in [0.29, 0.717) is 6.54 Å². The molecule has 0 radical (unpaired) electrons. The van der Waals surface area contributed by atoms with Crippen LogP contribution in [0.3, 0.4) is 0 Å². The minimum atomic E-state index is -3.10. The van der Waals surface area contributed by atoms with Crippen molar-refractivity contribution < 1.29 is 18.7 Å². The van der Waals surface area contributed by atoms with Crippen LogP contribution in [-0.4, -0.2) is 35.0 Å². The minimum Gasteiger partial charge on any atom is -0.481 e. The molecule has 1 aliphatic rings. The van der Waals surface area contributed by atoms with E-state index in [1.54, 1.807) is 4.90 Å². The molecule has 1 saturated heterocycles. The maximum Gasteiger partial charge on any atom is 0.313 e. The Morgan fingerprint density at radius 1 is 1.39 bits per heavy atom. The summed E-state index contributed by atoms with van der Waals surface area (Å²) < 4.78 is 26.8. The van der Waals surface area contributed by atoms with E-state index in [1.165, 1.54) is 0 Å². The Hall–Kier alpha value is -1.49. The average molecular weight is 255 g/mol. The van der Waals surface area contributed by atoms with Crippen molar-refractivity contribution in [3.8, 4) is 0 Å². The van der Waals surface area contributed by atoms with Gasteiger partial charge in [0.25, 0.3) is 5.92 Å². The number of hydrogen-bond donors (Lipinski definition) is 1. The molecule has 1 atom stereocenters. The Balaban J connectivity index is 2.03. The van der Waals surface area contributed by atoms with Gasteiger partial charge in [-0.1, -0.05) is 30.3 Å². The molecule has 1 fully saturated rings. The number of carboxylic acid groups (broad SMARTS) is 1. The van der Waals surface area contributed by atoms with Gasteiger partial charge in [0.05, 0.1) is 0 Å². The van der Waals surface area contributed by atoms with E-state index in [4.69, 9.17) is 5.11 Å². The first-order chi connectivity index (χ1) is 8.49. The second-order valence-electron chi connectivity index (χ2n) is 4.62. The Morgan fingerprint density at radius 2 is 2.06 bits per heavy atom. The van der Waals surface area contributed by atoms with Crippen molar-refractivity contribution in [2.24, 2.45) is 5.92 Å². The lowest BCUT2D eigenvalue weighted by molar-refractivity contribution is -0.167. The maximum absolute atomic E-state index is 13.4. The number of nitrogens with zero attached hydrogens (tertiary/aromatic N) is 1. The van der Waals surface area contributed by atoms with Crippen molar-refractivity contribution in [3.63, 3.8) is 0 Å². The smallest absolute Gasteiger partial charge is 0.313 e. The number of halogens is 2. The molecule has 1 aromatic rings. The van der Waals surface area contributed by atoms with Crippen LogP contribution >= 0.6 is 0 Å². The van der Waals surface area contributed by atoms with Crippen LogP contribution in [0.25, 0.3) is 0 Å². The maximum atomic E-state index is 13.4. The quantitative estimate of drug-likeness (QED) is 0.900. The highest BCUT2D eigenvalue weighted by Gasteiger charge is 2.48. The zero-order valence-electron chi connectivity index (χ0n) is 9.85. The molecule has 1 aliphatic heterocycles. The number of benzene rings is 1. The molecule has 1 aromatic carbocycles. The first kappa shape index (κ1) is 13.0. The van der Waals surface area contributed by atoms with E-state index in [-0.39, 0.29) is 13.1 Å². The van der Waals surface area contributed by atoms with E-state index in [2.05, 4.69) is 0 Å². The Morgan fingerprint density at radius 3 is 2.67 bits per heavy atom. The van der Waals surface area contributed by atoms with Gasteiger partial charge in [-0.25, -0.2) is 8.78 Å². The van der Waals surface area contributed by atoms with Crippen molar-refractivity contribution in [1.29, 1.82) is 0 Å². The molecule has 0 aromatic heterocycles. The van der Waals surface area contributed by atoms with Gasteiger partial charge in [0, 0.05) is 26.1 Å². The fourth-order valence-corrected chi connectivity index (χ4v) is 2.21. The molecule has 0 amide bonds. The lowest BCUT2D eigenvalue weighted by Gasteiger charge is -2.36. The first-order valence-corrected chi connectivity index (χ1v) is 5.86. The lowest BCUT2D eigenvalue weighted by atomic mass is 9.93. The van der Waals surface area contributed by atoms with E-state index in [1.807, 2.05) is 30.3 Å². The average Bonchev–Trinajstić information content (AvgIpc) is 2.32. The summed E-state index contributed by atoms with van der Waals surface area (Å²) in [6, 6.07) is 9.45. The van der Waals surface area contributed by atoms with E-state index >= 15 is 0 Å². The molecule has 1 N–H and O–H groups in total. The summed E-state index contributed by atoms with van der Waals surface area (Å²) >= 11 is 0. The molecule has 0 bridgehead atoms. The van der Waals surface area contributed by atoms with Crippen LogP contribution in [0, 0.1) is 5.92 Å². The van der Waals surface area contributed by atoms with Gasteiger partial charge in [0.15, 0.2) is 0 Å². The van der Waals surface area contributed by atoms with E-state index in [0.717, 1.165) is 5.56 Å². The number of aliphatic carboxylic acids is 1. The molecule has 1 heterocycles. The van der Waals surface area contributed by atoms with Crippen LogP contribution in [0.5, 0.6) is 0 Å². The molecular weight excluding hydrogens is 240 g/mol. The Labute approximate surface area is 104 Å². The number of likely N-dealkylation sites (tertiary alicyclic amines) is 1. The monoisotopic (exact) mass is 255 g/mol. The Bertz CT molecular complexity index is 422. The van der Waals surface area contributed by atoms with Gasteiger partial charge in [-0.15, -0.1) is 0 Å². The molecule has 0 spiro atoms. The van der Waals surface area contributed by atoms with Gasteiger partial charge in [0.2, 0.25) is 0 Å². The van der Waals surface area contributed by atoms with Crippen molar-refractivity contribution >= 4 is 5.97 Å². The van der Waals surface area contributed by atoms with E-state index in [9.17, 15) is 13.6 Å². The Kier molecular flexibility index (Phi) is 3.61. The largest absolute Gasteiger partial charge is 0.481 e. The predicted octanol–water partition coefficient (Wildman–Crippen LogP) is 2.23. The number of piperidine rings is 1. The molecule has 0 saturated carbocycles. The highest BCUT2D eigenvalue weighted by molar-refractivity contribution is 5.71. The summed E-state index contributed by atoms with van der Waals surface area (Å²) in [5.74, 6) is -6.12. The number of hydrogen-bond acceptors (Lipinski definition) is 2. The van der Waals surface area contributed by atoms with Gasteiger partial charge in [-0.2, -0.15) is 0 Å². The summed E-state index contributed by atoms with van der Waals surface area (Å²) in [4.78, 5) is 12.6. The SMILES string of the molecule is O=C(O)C1CN(Cc2ccccc2)CCC1(F)F. The van der Waals surface area contributed by atoms with Crippen LogP contribution in [0.15, 0.2) is 30.3 Å². The predicted molar refractivity (Wildman–Crippen MR) is 62.4 cm³/mol. The summed E-state index contributed by atoms with van der Waals surface area (Å²) in [7, 11) is 0. The second kappa shape index (κ2) is 5.02. The summed E-state index contributed by atoms with van der Waals surface area (Å²) in [5.41, 5.74) is 1.01. The third-order valence-electron chi connectivity index (χ3n) is 3.26. The number of carboxylic acids is 1. The van der Waals surface area contributed by atoms with Gasteiger partial charge in [-0.3, -0.25) is 9.69 Å². The molecule has 3 nitrogen and oxygen atoms in total. The topological polar surface area (TPSA) is 40.5 Å². The molecule has 98 valence electrons. The van der Waals surface area contributed by atoms with Crippen LogP contribution in [-0.2, 0) is 11.3 Å². The van der Waals surface area contributed by atoms with Crippen molar-refractivity contribution in [3.05, 3.63) is 35.9 Å². The van der Waals surface area contributed by atoms with Gasteiger partial charge in [0.1, 0.15) is 5.92 Å². The summed E-state index contributed by atoms with van der Waals surface area (Å²) in [6.07, 6.45) is -0.392. The molecule has 5 heteroatoms. The lowest BCUT2D eigenvalue weighted by Crippen LogP contribution is -2.49. The number of carbonyl (C=O) groups is 1. The van der Waals surface area contributed by atoms with Crippen LogP contribution in [0.4, 0.5) is 8.78 Å². The van der Waals surface area contributed by atoms with Crippen LogP contribution < -0.4 is 0 Å². The normalized spacial score (nSPS) is 23.8. The zero-order chi connectivity index (χ0) is 13.2. The minimum absolute atomic E-state index is 0.1000. The fraction of sp³-hybridized carbons (Fsp3) is 0.462. The molecule has 0 aliphatic carbocycles. The van der Waals surface area contributed by atoms with E-state index < -0.39 is 24.2 Å². The summed E-state index contributed by atoms with van der Waals surface area (Å²) in [5, 5.41) is 8.85. The van der Waals surface area contributed by atoms with Crippen LogP contribution in [0.1, 0.15) is 12.0 Å². The van der Waals surface area contributed by atoms with Gasteiger partial charge >= 0.3 is 5.97 Å². The molecule has 2 rings (SSSR count). The second-order valence-corrected chi connectivity index (χ2v) is 4.62. The first-order valence-electron chi connectivity index (χ1n) is 5.86. The van der Waals surface area contributed by atoms with Crippen molar-refractivity contribution in [2.75, 3.05) is 13.1 Å². The van der Waals surface area contributed by atoms with Gasteiger partial charge < -0.3 is 5.11 Å². The number of alkyl halides is 2. The molecule has 1 unspecified atom stereocenters. The molecular formula is C13H15F2NO2. The highest BCUT2D eigenvalue weighted by atomic mass is 19.3. The highest BCUT2D eigenvalue weighted by Crippen LogP contribution is 2.34. The molecule has 18 heavy (non-hydrogen) atoms. The standard InChI is InChI=1S/C13H15F2NO2/c14-13(15)6-7-16(9-11(13)12(17)18)8-10-4-2-1-3-5-10/h1-5,11H,6-9H2,(H,17,18). The number of rotatable bonds is 3.